The van der Waals surface area contributed by atoms with Gasteiger partial charge in [0.1, 0.15) is 0 Å². The van der Waals surface area contributed by atoms with Crippen LogP contribution in [0.25, 0.3) is 0 Å². The van der Waals surface area contributed by atoms with Crippen LogP contribution in [0.1, 0.15) is 62.8 Å². The summed E-state index contributed by atoms with van der Waals surface area (Å²) in [5.41, 5.74) is 1.16. The van der Waals surface area contributed by atoms with Gasteiger partial charge in [-0.3, -0.25) is 4.79 Å². The minimum Gasteiger partial charge on any atom is -0.459 e. The molecule has 6 heteroatoms. The Balaban J connectivity index is 1.68. The number of rotatable bonds is 8. The minimum absolute atomic E-state index is 0.0840. The quantitative estimate of drug-likeness (QED) is 0.415. The predicted molar refractivity (Wildman–Crippen MR) is 117 cm³/mol. The molecule has 2 atom stereocenters. The van der Waals surface area contributed by atoms with E-state index in [-0.39, 0.29) is 24.5 Å². The maximum absolute atomic E-state index is 12.8. The molecule has 5 nitrogen and oxygen atoms in total. The molecule has 0 spiro atoms. The highest BCUT2D eigenvalue weighted by Crippen LogP contribution is 2.32. The van der Waals surface area contributed by atoms with Gasteiger partial charge in [-0.2, -0.15) is 0 Å². The number of halogens is 1. The van der Waals surface area contributed by atoms with Crippen LogP contribution in [0.2, 0.25) is 0 Å². The molecule has 0 saturated heterocycles. The normalized spacial score (nSPS) is 23.0. The van der Waals surface area contributed by atoms with E-state index in [1.165, 1.54) is 22.8 Å². The third-order valence-corrected chi connectivity index (χ3v) is 6.10. The Morgan fingerprint density at radius 3 is 2.64 bits per heavy atom. The van der Waals surface area contributed by atoms with Crippen LogP contribution in [0, 0.1) is 3.57 Å². The van der Waals surface area contributed by atoms with E-state index in [4.69, 9.17) is 14.6 Å². The van der Waals surface area contributed by atoms with Crippen LogP contribution < -0.4 is 5.32 Å². The second-order valence-electron chi connectivity index (χ2n) is 7.58. The summed E-state index contributed by atoms with van der Waals surface area (Å²) in [6, 6.07) is 8.62. The molecule has 2 N–H and O–H groups in total. The standard InChI is InChI=1S/C22H30INO4/c23-18-10-8-16(9-11-18)17-14-20(22(26)24-19-6-2-1-3-7-19)28-21(15-17)27-13-5-4-12-25/h8-11,14,17,19,21,25H,1-7,12-13,15H2,(H,24,26)/t17-,21+/m0/s1. The Morgan fingerprint density at radius 2 is 1.93 bits per heavy atom. The van der Waals surface area contributed by atoms with Gasteiger partial charge in [-0.15, -0.1) is 0 Å². The lowest BCUT2D eigenvalue weighted by molar-refractivity contribution is -0.147. The van der Waals surface area contributed by atoms with Gasteiger partial charge in [0.05, 0.1) is 6.61 Å². The molecule has 2 aliphatic rings. The van der Waals surface area contributed by atoms with Crippen molar-refractivity contribution in [3.8, 4) is 0 Å². The molecule has 28 heavy (non-hydrogen) atoms. The lowest BCUT2D eigenvalue weighted by atomic mass is 9.92. The SMILES string of the molecule is O=C(NC1CCCCC1)C1=C[C@H](c2ccc(I)cc2)C[C@H](OCCCCO)O1. The molecular formula is C22H30INO4. The number of ether oxygens (including phenoxy) is 2. The maximum Gasteiger partial charge on any atom is 0.286 e. The summed E-state index contributed by atoms with van der Waals surface area (Å²) < 4.78 is 13.0. The number of hydrogen-bond acceptors (Lipinski definition) is 4. The Morgan fingerprint density at radius 1 is 1.18 bits per heavy atom. The lowest BCUT2D eigenvalue weighted by Gasteiger charge is -2.30. The molecule has 1 aliphatic heterocycles. The first-order valence-electron chi connectivity index (χ1n) is 10.3. The number of aliphatic hydroxyl groups excluding tert-OH is 1. The van der Waals surface area contributed by atoms with E-state index in [1.807, 2.05) is 6.08 Å². The van der Waals surface area contributed by atoms with Gasteiger partial charge in [-0.25, -0.2) is 0 Å². The van der Waals surface area contributed by atoms with Gasteiger partial charge in [-0.1, -0.05) is 31.4 Å². The van der Waals surface area contributed by atoms with Crippen molar-refractivity contribution in [2.75, 3.05) is 13.2 Å². The Kier molecular flexibility index (Phi) is 8.61. The smallest absolute Gasteiger partial charge is 0.286 e. The number of carbonyl (C=O) groups excluding carboxylic acids is 1. The molecule has 1 amide bonds. The molecule has 3 rings (SSSR count). The molecular weight excluding hydrogens is 469 g/mol. The van der Waals surface area contributed by atoms with Gasteiger partial charge in [0, 0.05) is 28.6 Å². The Labute approximate surface area is 181 Å². The number of nitrogens with one attached hydrogen (secondary N) is 1. The molecule has 0 aromatic heterocycles. The average molecular weight is 499 g/mol. The lowest BCUT2D eigenvalue weighted by Crippen LogP contribution is -2.39. The third kappa shape index (κ3) is 6.46. The van der Waals surface area contributed by atoms with E-state index < -0.39 is 6.29 Å². The molecule has 1 fully saturated rings. The molecule has 1 saturated carbocycles. The number of hydrogen-bond donors (Lipinski definition) is 2. The average Bonchev–Trinajstić information content (AvgIpc) is 2.72. The van der Waals surface area contributed by atoms with Crippen molar-refractivity contribution in [1.82, 2.24) is 5.32 Å². The summed E-state index contributed by atoms with van der Waals surface area (Å²) in [5.74, 6) is 0.319. The van der Waals surface area contributed by atoms with E-state index in [0.29, 0.717) is 25.2 Å². The zero-order chi connectivity index (χ0) is 19.8. The summed E-state index contributed by atoms with van der Waals surface area (Å²) >= 11 is 2.29. The third-order valence-electron chi connectivity index (χ3n) is 5.38. The number of amides is 1. The van der Waals surface area contributed by atoms with Crippen molar-refractivity contribution in [1.29, 1.82) is 0 Å². The first-order valence-corrected chi connectivity index (χ1v) is 11.4. The fraction of sp³-hybridized carbons (Fsp3) is 0.591. The fourth-order valence-corrected chi connectivity index (χ4v) is 4.15. The predicted octanol–water partition coefficient (Wildman–Crippen LogP) is 4.24. The van der Waals surface area contributed by atoms with Crippen molar-refractivity contribution in [2.24, 2.45) is 0 Å². The van der Waals surface area contributed by atoms with Gasteiger partial charge >= 0.3 is 0 Å². The summed E-state index contributed by atoms with van der Waals surface area (Å²) in [7, 11) is 0. The first kappa shape index (κ1) is 21.6. The molecule has 0 bridgehead atoms. The molecule has 1 aliphatic carbocycles. The van der Waals surface area contributed by atoms with Crippen molar-refractivity contribution < 1.29 is 19.4 Å². The fourth-order valence-electron chi connectivity index (χ4n) is 3.79. The topological polar surface area (TPSA) is 67.8 Å². The van der Waals surface area contributed by atoms with E-state index in [9.17, 15) is 4.79 Å². The van der Waals surface area contributed by atoms with E-state index in [1.54, 1.807) is 0 Å². The molecule has 154 valence electrons. The summed E-state index contributed by atoms with van der Waals surface area (Å²) in [5, 5.41) is 12.1. The number of allylic oxidation sites excluding steroid dienone is 1. The number of benzene rings is 1. The van der Waals surface area contributed by atoms with E-state index >= 15 is 0 Å². The van der Waals surface area contributed by atoms with Gasteiger partial charge in [-0.05, 0) is 72.0 Å². The first-order chi connectivity index (χ1) is 13.7. The second-order valence-corrected chi connectivity index (χ2v) is 8.83. The number of carbonyl (C=O) groups is 1. The summed E-state index contributed by atoms with van der Waals surface area (Å²) in [4.78, 5) is 12.8. The van der Waals surface area contributed by atoms with Crippen molar-refractivity contribution in [3.05, 3.63) is 45.2 Å². The highest BCUT2D eigenvalue weighted by molar-refractivity contribution is 14.1. The van der Waals surface area contributed by atoms with Crippen LogP contribution in [0.3, 0.4) is 0 Å². The van der Waals surface area contributed by atoms with Crippen molar-refractivity contribution >= 4 is 28.5 Å². The molecule has 0 radical (unpaired) electrons. The molecule has 1 aromatic carbocycles. The summed E-state index contributed by atoms with van der Waals surface area (Å²) in [6.45, 7) is 0.678. The molecule has 1 aromatic rings. The van der Waals surface area contributed by atoms with Gasteiger partial charge in [0.15, 0.2) is 5.76 Å². The highest BCUT2D eigenvalue weighted by atomic mass is 127. The van der Waals surface area contributed by atoms with Crippen molar-refractivity contribution in [2.45, 2.75) is 69.6 Å². The van der Waals surface area contributed by atoms with E-state index in [2.05, 4.69) is 52.2 Å². The number of unbranched alkanes of at least 4 members (excludes halogenated alkanes) is 1. The van der Waals surface area contributed by atoms with Gasteiger partial charge in [0.25, 0.3) is 5.91 Å². The largest absolute Gasteiger partial charge is 0.459 e. The van der Waals surface area contributed by atoms with Crippen LogP contribution in [0.5, 0.6) is 0 Å². The minimum atomic E-state index is -0.444. The van der Waals surface area contributed by atoms with Crippen LogP contribution >= 0.6 is 22.6 Å². The van der Waals surface area contributed by atoms with E-state index in [0.717, 1.165) is 24.8 Å². The number of aliphatic hydroxyl groups is 1. The summed E-state index contributed by atoms with van der Waals surface area (Å²) in [6.07, 6.45) is 9.34. The molecule has 0 unspecified atom stereocenters. The Hall–Kier alpha value is -1.12. The van der Waals surface area contributed by atoms with Gasteiger partial charge in [0.2, 0.25) is 6.29 Å². The van der Waals surface area contributed by atoms with Crippen LogP contribution in [-0.4, -0.2) is 36.6 Å². The van der Waals surface area contributed by atoms with Crippen molar-refractivity contribution in [3.63, 3.8) is 0 Å². The Bertz CT molecular complexity index is 655. The monoisotopic (exact) mass is 499 g/mol. The highest BCUT2D eigenvalue weighted by Gasteiger charge is 2.29. The van der Waals surface area contributed by atoms with Crippen LogP contribution in [0.4, 0.5) is 0 Å². The van der Waals surface area contributed by atoms with Gasteiger partial charge < -0.3 is 19.9 Å². The van der Waals surface area contributed by atoms with Crippen LogP contribution in [0.15, 0.2) is 36.1 Å². The second kappa shape index (κ2) is 11.2. The van der Waals surface area contributed by atoms with Crippen LogP contribution in [-0.2, 0) is 14.3 Å². The zero-order valence-corrected chi connectivity index (χ0v) is 18.4. The maximum atomic E-state index is 12.8. The molecule has 1 heterocycles. The zero-order valence-electron chi connectivity index (χ0n) is 16.2.